The monoisotopic (exact) mass is 273 g/mol. The molecule has 1 aliphatic rings. The van der Waals surface area contributed by atoms with Crippen LogP contribution in [-0.2, 0) is 10.0 Å². The molecule has 1 aromatic rings. The molecule has 1 saturated heterocycles. The predicted molar refractivity (Wildman–Crippen MR) is 62.9 cm³/mol. The summed E-state index contributed by atoms with van der Waals surface area (Å²) in [5.74, 6) is -1.18. The van der Waals surface area contributed by atoms with E-state index >= 15 is 0 Å². The largest absolute Gasteiger partial charge is 0.475 e. The lowest BCUT2D eigenvalue weighted by Crippen LogP contribution is -2.28. The fourth-order valence-electron chi connectivity index (χ4n) is 2.08. The summed E-state index contributed by atoms with van der Waals surface area (Å²) in [5.41, 5.74) is 0. The lowest BCUT2D eigenvalue weighted by atomic mass is 10.2. The number of furan rings is 1. The minimum absolute atomic E-state index is 0.0472. The van der Waals surface area contributed by atoms with Crippen LogP contribution >= 0.6 is 0 Å². The van der Waals surface area contributed by atoms with Gasteiger partial charge in [-0.15, -0.1) is 0 Å². The molecule has 1 aromatic heterocycles. The van der Waals surface area contributed by atoms with Gasteiger partial charge in [0.05, 0.1) is 0 Å². The second-order valence-electron chi connectivity index (χ2n) is 4.59. The van der Waals surface area contributed by atoms with Crippen LogP contribution in [0.3, 0.4) is 0 Å². The Morgan fingerprint density at radius 1 is 1.56 bits per heavy atom. The van der Waals surface area contributed by atoms with Gasteiger partial charge in [-0.25, -0.2) is 13.2 Å². The maximum absolute atomic E-state index is 12.3. The third kappa shape index (κ3) is 2.15. The summed E-state index contributed by atoms with van der Waals surface area (Å²) in [5, 5.41) is 8.79. The van der Waals surface area contributed by atoms with Crippen molar-refractivity contribution in [2.45, 2.75) is 25.2 Å². The van der Waals surface area contributed by atoms with Gasteiger partial charge in [0, 0.05) is 19.2 Å². The standard InChI is InChI=1S/C11H15NO5S/c1-7-3-4-12(6-7)18(15,16)10-5-9(11(13)14)17-8(10)2/h5,7H,3-4,6H2,1-2H3,(H,13,14). The first kappa shape index (κ1) is 13.1. The Balaban J connectivity index is 2.38. The Morgan fingerprint density at radius 3 is 2.67 bits per heavy atom. The number of hydrogen-bond donors (Lipinski definition) is 1. The first-order valence-electron chi connectivity index (χ1n) is 5.66. The second-order valence-corrected chi connectivity index (χ2v) is 6.50. The molecule has 7 heteroatoms. The minimum Gasteiger partial charge on any atom is -0.475 e. The Hall–Kier alpha value is -1.34. The first-order valence-corrected chi connectivity index (χ1v) is 7.10. The zero-order chi connectivity index (χ0) is 13.5. The molecule has 2 heterocycles. The Labute approximate surface area is 105 Å². The van der Waals surface area contributed by atoms with E-state index < -0.39 is 16.0 Å². The second kappa shape index (κ2) is 4.40. The molecule has 0 saturated carbocycles. The van der Waals surface area contributed by atoms with Crippen molar-refractivity contribution in [2.24, 2.45) is 5.92 Å². The van der Waals surface area contributed by atoms with Crippen LogP contribution < -0.4 is 0 Å². The van der Waals surface area contributed by atoms with Gasteiger partial charge >= 0.3 is 5.97 Å². The van der Waals surface area contributed by atoms with E-state index in [-0.39, 0.29) is 16.4 Å². The van der Waals surface area contributed by atoms with E-state index in [1.165, 1.54) is 11.2 Å². The molecule has 2 rings (SSSR count). The van der Waals surface area contributed by atoms with Gasteiger partial charge in [0.2, 0.25) is 15.8 Å². The number of carboxylic acids is 1. The third-order valence-electron chi connectivity index (χ3n) is 3.09. The molecular weight excluding hydrogens is 258 g/mol. The molecule has 0 aromatic carbocycles. The summed E-state index contributed by atoms with van der Waals surface area (Å²) in [6, 6.07) is 1.08. The highest BCUT2D eigenvalue weighted by Gasteiger charge is 2.33. The van der Waals surface area contributed by atoms with E-state index in [1.807, 2.05) is 6.92 Å². The van der Waals surface area contributed by atoms with Crippen LogP contribution in [0, 0.1) is 12.8 Å². The lowest BCUT2D eigenvalue weighted by molar-refractivity contribution is 0.0661. The summed E-state index contributed by atoms with van der Waals surface area (Å²) >= 11 is 0. The third-order valence-corrected chi connectivity index (χ3v) is 5.06. The number of hydrogen-bond acceptors (Lipinski definition) is 4. The SMILES string of the molecule is Cc1oc(C(=O)O)cc1S(=O)(=O)N1CCC(C)C1. The van der Waals surface area contributed by atoms with Gasteiger partial charge in [-0.05, 0) is 19.3 Å². The molecule has 0 bridgehead atoms. The summed E-state index contributed by atoms with van der Waals surface area (Å²) < 4.78 is 30.9. The number of aromatic carboxylic acids is 1. The van der Waals surface area contributed by atoms with Crippen molar-refractivity contribution < 1.29 is 22.7 Å². The van der Waals surface area contributed by atoms with E-state index in [1.54, 1.807) is 0 Å². The van der Waals surface area contributed by atoms with E-state index in [9.17, 15) is 13.2 Å². The maximum atomic E-state index is 12.3. The summed E-state index contributed by atoms with van der Waals surface area (Å²) in [6.45, 7) is 4.38. The van der Waals surface area contributed by atoms with Crippen molar-refractivity contribution in [1.29, 1.82) is 0 Å². The number of rotatable bonds is 3. The highest BCUT2D eigenvalue weighted by molar-refractivity contribution is 7.89. The van der Waals surface area contributed by atoms with E-state index in [2.05, 4.69) is 0 Å². The molecule has 0 aliphatic carbocycles. The van der Waals surface area contributed by atoms with Gasteiger partial charge in [0.1, 0.15) is 10.7 Å². The molecule has 18 heavy (non-hydrogen) atoms. The van der Waals surface area contributed by atoms with Crippen molar-refractivity contribution in [3.8, 4) is 0 Å². The summed E-state index contributed by atoms with van der Waals surface area (Å²) in [7, 11) is -3.64. The molecule has 0 amide bonds. The van der Waals surface area contributed by atoms with Gasteiger partial charge in [0.15, 0.2) is 0 Å². The zero-order valence-corrected chi connectivity index (χ0v) is 11.0. The van der Waals surface area contributed by atoms with Gasteiger partial charge in [-0.2, -0.15) is 4.31 Å². The topological polar surface area (TPSA) is 87.8 Å². The van der Waals surface area contributed by atoms with Crippen LogP contribution in [-0.4, -0.2) is 36.9 Å². The quantitative estimate of drug-likeness (QED) is 0.897. The van der Waals surface area contributed by atoms with Crippen molar-refractivity contribution in [2.75, 3.05) is 13.1 Å². The summed E-state index contributed by atoms with van der Waals surface area (Å²) in [6.07, 6.45) is 0.821. The fraction of sp³-hybridized carbons (Fsp3) is 0.545. The molecule has 6 nitrogen and oxygen atoms in total. The Kier molecular flexibility index (Phi) is 3.20. The normalized spacial score (nSPS) is 21.3. The number of nitrogens with zero attached hydrogens (tertiary/aromatic N) is 1. The lowest BCUT2D eigenvalue weighted by Gasteiger charge is -2.14. The van der Waals surface area contributed by atoms with Crippen molar-refractivity contribution >= 4 is 16.0 Å². The van der Waals surface area contributed by atoms with E-state index in [0.29, 0.717) is 19.0 Å². The van der Waals surface area contributed by atoms with Gasteiger partial charge in [-0.1, -0.05) is 6.92 Å². The van der Waals surface area contributed by atoms with Gasteiger partial charge in [0.25, 0.3) is 0 Å². The number of carbonyl (C=O) groups is 1. The van der Waals surface area contributed by atoms with Gasteiger partial charge in [-0.3, -0.25) is 0 Å². The van der Waals surface area contributed by atoms with Crippen LogP contribution in [0.25, 0.3) is 0 Å². The molecule has 1 unspecified atom stereocenters. The predicted octanol–water partition coefficient (Wildman–Crippen LogP) is 1.32. The Bertz CT molecular complexity index is 574. The van der Waals surface area contributed by atoms with Crippen molar-refractivity contribution in [3.05, 3.63) is 17.6 Å². The number of carboxylic acid groups (broad SMARTS) is 1. The Morgan fingerprint density at radius 2 is 2.22 bits per heavy atom. The summed E-state index contributed by atoms with van der Waals surface area (Å²) in [4.78, 5) is 10.7. The van der Waals surface area contributed by atoms with Crippen LogP contribution in [0.15, 0.2) is 15.4 Å². The molecule has 1 aliphatic heterocycles. The molecule has 0 spiro atoms. The average molecular weight is 273 g/mol. The number of sulfonamides is 1. The fourth-order valence-corrected chi connectivity index (χ4v) is 3.81. The maximum Gasteiger partial charge on any atom is 0.371 e. The van der Waals surface area contributed by atoms with Crippen LogP contribution in [0.5, 0.6) is 0 Å². The first-order chi connectivity index (χ1) is 8.32. The minimum atomic E-state index is -3.64. The molecule has 1 atom stereocenters. The highest BCUT2D eigenvalue weighted by atomic mass is 32.2. The molecule has 1 fully saturated rings. The smallest absolute Gasteiger partial charge is 0.371 e. The molecular formula is C11H15NO5S. The van der Waals surface area contributed by atoms with E-state index in [4.69, 9.17) is 9.52 Å². The molecule has 1 N–H and O–H groups in total. The zero-order valence-electron chi connectivity index (χ0n) is 10.2. The van der Waals surface area contributed by atoms with Gasteiger partial charge < -0.3 is 9.52 Å². The van der Waals surface area contributed by atoms with Crippen molar-refractivity contribution in [3.63, 3.8) is 0 Å². The molecule has 100 valence electrons. The van der Waals surface area contributed by atoms with Crippen LogP contribution in [0.4, 0.5) is 0 Å². The number of aryl methyl sites for hydroxylation is 1. The molecule has 0 radical (unpaired) electrons. The van der Waals surface area contributed by atoms with E-state index in [0.717, 1.165) is 12.5 Å². The van der Waals surface area contributed by atoms with Crippen LogP contribution in [0.1, 0.15) is 29.7 Å². The average Bonchev–Trinajstić information content (AvgIpc) is 2.85. The van der Waals surface area contributed by atoms with Crippen LogP contribution in [0.2, 0.25) is 0 Å². The highest BCUT2D eigenvalue weighted by Crippen LogP contribution is 2.27. The van der Waals surface area contributed by atoms with Crippen molar-refractivity contribution in [1.82, 2.24) is 4.31 Å².